The van der Waals surface area contributed by atoms with Crippen LogP contribution in [0.3, 0.4) is 0 Å². The van der Waals surface area contributed by atoms with Crippen molar-refractivity contribution in [3.05, 3.63) is 47.5 Å². The fourth-order valence-electron chi connectivity index (χ4n) is 3.09. The number of carbonyl (C=O) groups is 2. The van der Waals surface area contributed by atoms with E-state index in [1.54, 1.807) is 18.2 Å². The lowest BCUT2D eigenvalue weighted by Gasteiger charge is -2.27. The third kappa shape index (κ3) is 5.52. The summed E-state index contributed by atoms with van der Waals surface area (Å²) in [4.78, 5) is 22.6. The van der Waals surface area contributed by atoms with Crippen LogP contribution in [0.5, 0.6) is 0 Å². The molecule has 1 aliphatic rings. The number of aromatic carboxylic acids is 1. The molecule has 0 spiro atoms. The van der Waals surface area contributed by atoms with Crippen LogP contribution in [0, 0.1) is 5.92 Å². The highest BCUT2D eigenvalue weighted by molar-refractivity contribution is 5.87. The van der Waals surface area contributed by atoms with E-state index in [1.807, 2.05) is 39.0 Å². The summed E-state index contributed by atoms with van der Waals surface area (Å²) in [5, 5.41) is 8.95. The van der Waals surface area contributed by atoms with Crippen LogP contribution < -0.4 is 0 Å². The van der Waals surface area contributed by atoms with Gasteiger partial charge < -0.3 is 9.84 Å². The summed E-state index contributed by atoms with van der Waals surface area (Å²) < 4.78 is 5.28. The van der Waals surface area contributed by atoms with Gasteiger partial charge in [-0.25, -0.2) is 9.59 Å². The summed E-state index contributed by atoms with van der Waals surface area (Å²) in [5.74, 6) is -0.294. The highest BCUT2D eigenvalue weighted by Crippen LogP contribution is 2.36. The Balaban J connectivity index is 1.85. The van der Waals surface area contributed by atoms with E-state index >= 15 is 0 Å². The van der Waals surface area contributed by atoms with Crippen molar-refractivity contribution in [3.63, 3.8) is 0 Å². The molecular formula is C20H26O4. The normalized spacial score (nSPS) is 21.6. The predicted molar refractivity (Wildman–Crippen MR) is 93.1 cm³/mol. The van der Waals surface area contributed by atoms with Crippen LogP contribution in [0.15, 0.2) is 36.4 Å². The summed E-state index contributed by atoms with van der Waals surface area (Å²) in [6.07, 6.45) is 7.69. The van der Waals surface area contributed by atoms with Gasteiger partial charge in [0.2, 0.25) is 0 Å². The zero-order chi connectivity index (χ0) is 17.7. The number of hydrogen-bond donors (Lipinski definition) is 1. The van der Waals surface area contributed by atoms with Gasteiger partial charge in [0.15, 0.2) is 0 Å². The van der Waals surface area contributed by atoms with E-state index in [0.29, 0.717) is 17.4 Å². The molecule has 1 aromatic rings. The Hall–Kier alpha value is -2.10. The van der Waals surface area contributed by atoms with Crippen molar-refractivity contribution in [2.45, 2.75) is 58.0 Å². The summed E-state index contributed by atoms with van der Waals surface area (Å²) in [6.45, 7) is 5.58. The summed E-state index contributed by atoms with van der Waals surface area (Å²) in [7, 11) is 0. The number of carboxylic acids is 1. The molecule has 1 aliphatic carbocycles. The van der Waals surface area contributed by atoms with E-state index in [1.165, 1.54) is 5.56 Å². The van der Waals surface area contributed by atoms with Gasteiger partial charge in [0, 0.05) is 6.08 Å². The molecule has 0 radical (unpaired) electrons. The molecule has 0 saturated heterocycles. The Labute approximate surface area is 143 Å². The molecule has 1 aromatic carbocycles. The van der Waals surface area contributed by atoms with Gasteiger partial charge in [-0.05, 0) is 76.0 Å². The number of benzene rings is 1. The third-order valence-electron chi connectivity index (χ3n) is 4.31. The zero-order valence-electron chi connectivity index (χ0n) is 14.6. The van der Waals surface area contributed by atoms with Crippen LogP contribution in [0.1, 0.15) is 68.3 Å². The van der Waals surface area contributed by atoms with Crippen LogP contribution in [0.2, 0.25) is 0 Å². The molecule has 130 valence electrons. The van der Waals surface area contributed by atoms with Crippen LogP contribution in [-0.4, -0.2) is 22.6 Å². The summed E-state index contributed by atoms with van der Waals surface area (Å²) in [6, 6.07) is 7.19. The van der Waals surface area contributed by atoms with Crippen LogP contribution in [0.4, 0.5) is 0 Å². The number of ether oxygens (including phenoxy) is 1. The zero-order valence-corrected chi connectivity index (χ0v) is 14.6. The topological polar surface area (TPSA) is 63.6 Å². The maximum absolute atomic E-state index is 11.7. The average Bonchev–Trinajstić information content (AvgIpc) is 2.52. The van der Waals surface area contributed by atoms with E-state index in [9.17, 15) is 9.59 Å². The highest BCUT2D eigenvalue weighted by Gasteiger charge is 2.21. The second kappa shape index (κ2) is 7.65. The Morgan fingerprint density at radius 2 is 1.67 bits per heavy atom. The monoisotopic (exact) mass is 330 g/mol. The number of rotatable bonds is 4. The van der Waals surface area contributed by atoms with Crippen molar-refractivity contribution in [1.82, 2.24) is 0 Å². The van der Waals surface area contributed by atoms with Crippen LogP contribution in [0.25, 0.3) is 0 Å². The van der Waals surface area contributed by atoms with E-state index in [-0.39, 0.29) is 5.97 Å². The maximum atomic E-state index is 11.7. The van der Waals surface area contributed by atoms with E-state index in [2.05, 4.69) is 0 Å². The molecule has 4 heteroatoms. The van der Waals surface area contributed by atoms with Crippen molar-refractivity contribution in [1.29, 1.82) is 0 Å². The van der Waals surface area contributed by atoms with Gasteiger partial charge in [-0.1, -0.05) is 18.2 Å². The molecule has 1 saturated carbocycles. The standard InChI is InChI=1S/C20H26O4/c1-20(2,3)24-18(21)13-6-14-4-7-15(8-5-14)16-9-11-17(12-10-16)19(22)23/h6,9-15H,4-5,7-8H2,1-3H3,(H,22,23)/b13-6+/t14-,15-. The largest absolute Gasteiger partial charge is 0.478 e. The highest BCUT2D eigenvalue weighted by atomic mass is 16.6. The predicted octanol–water partition coefficient (Wildman–Crippen LogP) is 4.56. The summed E-state index contributed by atoms with van der Waals surface area (Å²) >= 11 is 0. The molecule has 0 amide bonds. The first-order valence-electron chi connectivity index (χ1n) is 8.49. The van der Waals surface area contributed by atoms with Gasteiger partial charge in [-0.15, -0.1) is 0 Å². The molecule has 4 nitrogen and oxygen atoms in total. The maximum Gasteiger partial charge on any atom is 0.335 e. The van der Waals surface area contributed by atoms with Crippen LogP contribution >= 0.6 is 0 Å². The van der Waals surface area contributed by atoms with E-state index in [0.717, 1.165) is 25.7 Å². The second-order valence-electron chi connectivity index (χ2n) is 7.43. The Morgan fingerprint density at radius 3 is 2.17 bits per heavy atom. The van der Waals surface area contributed by atoms with Gasteiger partial charge in [0.1, 0.15) is 5.60 Å². The quantitative estimate of drug-likeness (QED) is 0.649. The van der Waals surface area contributed by atoms with Gasteiger partial charge in [-0.3, -0.25) is 0 Å². The van der Waals surface area contributed by atoms with Crippen molar-refractivity contribution >= 4 is 11.9 Å². The van der Waals surface area contributed by atoms with Crippen molar-refractivity contribution < 1.29 is 19.4 Å². The SMILES string of the molecule is CC(C)(C)OC(=O)/C=C/[C@H]1CC[C@H](c2ccc(C(=O)O)cc2)CC1. The minimum absolute atomic E-state index is 0.283. The van der Waals surface area contributed by atoms with Gasteiger partial charge >= 0.3 is 11.9 Å². The smallest absolute Gasteiger partial charge is 0.335 e. The first kappa shape index (κ1) is 18.2. The minimum atomic E-state index is -0.891. The molecule has 0 bridgehead atoms. The fraction of sp³-hybridized carbons (Fsp3) is 0.500. The number of carbonyl (C=O) groups excluding carboxylic acids is 1. The lowest BCUT2D eigenvalue weighted by atomic mass is 9.78. The van der Waals surface area contributed by atoms with E-state index in [4.69, 9.17) is 9.84 Å². The van der Waals surface area contributed by atoms with Crippen LogP contribution in [-0.2, 0) is 9.53 Å². The molecule has 2 rings (SSSR count). The molecule has 24 heavy (non-hydrogen) atoms. The molecule has 0 aromatic heterocycles. The average molecular weight is 330 g/mol. The molecule has 1 fully saturated rings. The minimum Gasteiger partial charge on any atom is -0.478 e. The van der Waals surface area contributed by atoms with E-state index < -0.39 is 11.6 Å². The van der Waals surface area contributed by atoms with Crippen molar-refractivity contribution in [3.8, 4) is 0 Å². The Kier molecular flexibility index (Phi) is 5.81. The molecule has 0 unspecified atom stereocenters. The van der Waals surface area contributed by atoms with Crippen molar-refractivity contribution in [2.24, 2.45) is 5.92 Å². The molecular weight excluding hydrogens is 304 g/mol. The number of esters is 1. The Morgan fingerprint density at radius 1 is 1.08 bits per heavy atom. The lowest BCUT2D eigenvalue weighted by molar-refractivity contribution is -0.148. The lowest BCUT2D eigenvalue weighted by Crippen LogP contribution is -2.22. The first-order valence-corrected chi connectivity index (χ1v) is 8.49. The molecule has 0 atom stereocenters. The number of hydrogen-bond acceptors (Lipinski definition) is 3. The van der Waals surface area contributed by atoms with Gasteiger partial charge in [0.25, 0.3) is 0 Å². The molecule has 0 heterocycles. The first-order chi connectivity index (χ1) is 11.2. The van der Waals surface area contributed by atoms with Gasteiger partial charge in [-0.2, -0.15) is 0 Å². The van der Waals surface area contributed by atoms with Gasteiger partial charge in [0.05, 0.1) is 5.56 Å². The number of carboxylic acid groups (broad SMARTS) is 1. The second-order valence-corrected chi connectivity index (χ2v) is 7.43. The molecule has 1 N–H and O–H groups in total. The number of allylic oxidation sites excluding steroid dienone is 1. The molecule has 0 aliphatic heterocycles. The summed E-state index contributed by atoms with van der Waals surface area (Å²) in [5.41, 5.74) is 1.07. The Bertz CT molecular complexity index is 600. The van der Waals surface area contributed by atoms with Crippen molar-refractivity contribution in [2.75, 3.05) is 0 Å². The fourth-order valence-corrected chi connectivity index (χ4v) is 3.09. The third-order valence-corrected chi connectivity index (χ3v) is 4.31.